The maximum atomic E-state index is 12.3. The van der Waals surface area contributed by atoms with Gasteiger partial charge in [0.15, 0.2) is 0 Å². The van der Waals surface area contributed by atoms with Gasteiger partial charge in [-0.3, -0.25) is 9.59 Å². The largest absolute Gasteiger partial charge is 0.507 e. The van der Waals surface area contributed by atoms with Gasteiger partial charge >= 0.3 is 0 Å². The number of hydrogen-bond donors (Lipinski definition) is 1. The van der Waals surface area contributed by atoms with E-state index in [1.54, 1.807) is 6.92 Å². The molecular weight excluding hydrogens is 312 g/mol. The lowest BCUT2D eigenvalue weighted by molar-refractivity contribution is -0.132. The first kappa shape index (κ1) is 20.9. The summed E-state index contributed by atoms with van der Waals surface area (Å²) in [5.41, 5.74) is 4.67. The molecule has 0 heterocycles. The van der Waals surface area contributed by atoms with Gasteiger partial charge in [0.05, 0.1) is 0 Å². The quantitative estimate of drug-likeness (QED) is 0.366. The van der Waals surface area contributed by atoms with Crippen LogP contribution in [-0.2, 0) is 9.59 Å². The Morgan fingerprint density at radius 2 is 1.40 bits per heavy atom. The molecule has 1 aliphatic rings. The van der Waals surface area contributed by atoms with Crippen LogP contribution in [-0.4, -0.2) is 16.7 Å². The highest BCUT2D eigenvalue weighted by Crippen LogP contribution is 2.29. The van der Waals surface area contributed by atoms with E-state index in [-0.39, 0.29) is 11.3 Å². The van der Waals surface area contributed by atoms with Crippen molar-refractivity contribution < 1.29 is 14.7 Å². The maximum absolute atomic E-state index is 12.3. The monoisotopic (exact) mass is 342 g/mol. The van der Waals surface area contributed by atoms with E-state index in [0.717, 1.165) is 24.0 Å². The number of rotatable bonds is 7. The first-order valence-corrected chi connectivity index (χ1v) is 8.78. The topological polar surface area (TPSA) is 54.4 Å². The second-order valence-corrected chi connectivity index (χ2v) is 7.15. The zero-order valence-electron chi connectivity index (χ0n) is 16.3. The van der Waals surface area contributed by atoms with E-state index in [0.29, 0.717) is 24.0 Å². The van der Waals surface area contributed by atoms with Crippen LogP contribution in [0.1, 0.15) is 67.2 Å². The highest BCUT2D eigenvalue weighted by Gasteiger charge is 2.31. The van der Waals surface area contributed by atoms with E-state index in [1.807, 2.05) is 32.9 Å². The number of carbonyl (C=O) groups excluding carboxylic acids is 2. The fourth-order valence-corrected chi connectivity index (χ4v) is 2.62. The Morgan fingerprint density at radius 1 is 0.840 bits per heavy atom. The van der Waals surface area contributed by atoms with E-state index in [9.17, 15) is 14.7 Å². The first-order valence-electron chi connectivity index (χ1n) is 8.78. The summed E-state index contributed by atoms with van der Waals surface area (Å²) < 4.78 is 0. The minimum absolute atomic E-state index is 0.0204. The molecule has 1 N–H and O–H groups in total. The number of hydrogen-bond acceptors (Lipinski definition) is 3. The summed E-state index contributed by atoms with van der Waals surface area (Å²) in [7, 11) is 0. The van der Waals surface area contributed by atoms with Gasteiger partial charge in [0.25, 0.3) is 0 Å². The van der Waals surface area contributed by atoms with E-state index in [1.165, 1.54) is 5.57 Å². The number of aliphatic hydroxyl groups is 1. The van der Waals surface area contributed by atoms with Crippen molar-refractivity contribution in [1.82, 2.24) is 0 Å². The van der Waals surface area contributed by atoms with Crippen molar-refractivity contribution in [1.29, 1.82) is 0 Å². The average molecular weight is 342 g/mol. The number of allylic oxidation sites excluding steroid dienone is 9. The van der Waals surface area contributed by atoms with E-state index in [2.05, 4.69) is 19.9 Å². The summed E-state index contributed by atoms with van der Waals surface area (Å²) >= 11 is 0. The Kier molecular flexibility index (Phi) is 7.82. The minimum Gasteiger partial charge on any atom is -0.507 e. The Balaban J connectivity index is 3.02. The highest BCUT2D eigenvalue weighted by atomic mass is 16.3. The normalized spacial score (nSPS) is 15.7. The Labute approximate surface area is 151 Å². The van der Waals surface area contributed by atoms with E-state index >= 15 is 0 Å². The minimum atomic E-state index is -0.579. The summed E-state index contributed by atoms with van der Waals surface area (Å²) in [5, 5.41) is 10.5. The number of carbonyl (C=O) groups is 2. The van der Waals surface area contributed by atoms with Gasteiger partial charge < -0.3 is 5.11 Å². The predicted molar refractivity (Wildman–Crippen MR) is 103 cm³/mol. The van der Waals surface area contributed by atoms with E-state index < -0.39 is 11.6 Å². The molecule has 1 rings (SSSR count). The SMILES string of the molecule is CC(C)=CCC/C(C)=C/CC1=C(O)C(CC=C(C)C)=C(C)C(=O)C1=O. The molecule has 3 heteroatoms. The molecule has 0 fully saturated rings. The Morgan fingerprint density at radius 3 is 1.96 bits per heavy atom. The van der Waals surface area contributed by atoms with Crippen LogP contribution < -0.4 is 0 Å². The van der Waals surface area contributed by atoms with Gasteiger partial charge in [0, 0.05) is 16.7 Å². The molecular formula is C22H30O3. The van der Waals surface area contributed by atoms with Crippen LogP contribution in [0.2, 0.25) is 0 Å². The van der Waals surface area contributed by atoms with Crippen molar-refractivity contribution in [2.45, 2.75) is 67.2 Å². The van der Waals surface area contributed by atoms with E-state index in [4.69, 9.17) is 0 Å². The van der Waals surface area contributed by atoms with Crippen LogP contribution in [0.25, 0.3) is 0 Å². The van der Waals surface area contributed by atoms with Crippen LogP contribution in [0, 0.1) is 0 Å². The van der Waals surface area contributed by atoms with Crippen LogP contribution in [0.5, 0.6) is 0 Å². The molecule has 0 radical (unpaired) electrons. The number of ketones is 2. The van der Waals surface area contributed by atoms with Gasteiger partial charge in [-0.2, -0.15) is 0 Å². The third-order valence-corrected chi connectivity index (χ3v) is 4.31. The molecule has 25 heavy (non-hydrogen) atoms. The molecule has 0 atom stereocenters. The van der Waals surface area contributed by atoms with Crippen LogP contribution >= 0.6 is 0 Å². The van der Waals surface area contributed by atoms with Gasteiger partial charge in [0.2, 0.25) is 11.6 Å². The maximum Gasteiger partial charge on any atom is 0.233 e. The van der Waals surface area contributed by atoms with Gasteiger partial charge in [-0.25, -0.2) is 0 Å². The average Bonchev–Trinajstić information content (AvgIpc) is 2.52. The molecule has 0 saturated carbocycles. The van der Waals surface area contributed by atoms with Crippen molar-refractivity contribution in [2.24, 2.45) is 0 Å². The molecule has 0 amide bonds. The first-order chi connectivity index (χ1) is 11.6. The summed E-state index contributed by atoms with van der Waals surface area (Å²) in [6, 6.07) is 0. The summed E-state index contributed by atoms with van der Waals surface area (Å²) in [4.78, 5) is 24.5. The fourth-order valence-electron chi connectivity index (χ4n) is 2.62. The molecule has 0 aromatic rings. The summed E-state index contributed by atoms with van der Waals surface area (Å²) in [5.74, 6) is -1.10. The van der Waals surface area contributed by atoms with Crippen molar-refractivity contribution in [3.05, 3.63) is 57.4 Å². The highest BCUT2D eigenvalue weighted by molar-refractivity contribution is 6.50. The number of aliphatic hydroxyl groups excluding tert-OH is 1. The molecule has 0 spiro atoms. The molecule has 0 saturated heterocycles. The summed E-state index contributed by atoms with van der Waals surface area (Å²) in [6.07, 6.45) is 8.68. The second-order valence-electron chi connectivity index (χ2n) is 7.15. The third kappa shape index (κ3) is 6.00. The van der Waals surface area contributed by atoms with Crippen molar-refractivity contribution >= 4 is 11.6 Å². The van der Waals surface area contributed by atoms with Gasteiger partial charge in [-0.15, -0.1) is 0 Å². The standard InChI is InChI=1S/C22H30O3/c1-14(2)8-7-9-16(5)11-13-19-21(24)18(12-10-15(3)4)17(6)20(23)22(19)25/h8,10-11,24H,7,9,12-13H2,1-6H3/b16-11+. The molecule has 0 aliphatic heterocycles. The van der Waals surface area contributed by atoms with Crippen molar-refractivity contribution in [2.75, 3.05) is 0 Å². The molecule has 0 bridgehead atoms. The Bertz CT molecular complexity index is 702. The van der Waals surface area contributed by atoms with Crippen LogP contribution in [0.3, 0.4) is 0 Å². The smallest absolute Gasteiger partial charge is 0.233 e. The predicted octanol–water partition coefficient (Wildman–Crippen LogP) is 5.71. The van der Waals surface area contributed by atoms with Gasteiger partial charge in [0.1, 0.15) is 5.76 Å². The second kappa shape index (κ2) is 9.36. The number of Topliss-reactive ketones (excluding diaryl/α,β-unsaturated/α-hetero) is 2. The van der Waals surface area contributed by atoms with Gasteiger partial charge in [-0.05, 0) is 67.2 Å². The van der Waals surface area contributed by atoms with Crippen LogP contribution in [0.4, 0.5) is 0 Å². The molecule has 0 aromatic carbocycles. The summed E-state index contributed by atoms with van der Waals surface area (Å²) in [6.45, 7) is 11.7. The Hall–Kier alpha value is -2.16. The molecule has 136 valence electrons. The van der Waals surface area contributed by atoms with Crippen LogP contribution in [0.15, 0.2) is 57.4 Å². The third-order valence-electron chi connectivity index (χ3n) is 4.31. The molecule has 0 aromatic heterocycles. The lowest BCUT2D eigenvalue weighted by Crippen LogP contribution is -2.25. The lowest BCUT2D eigenvalue weighted by Gasteiger charge is -2.18. The lowest BCUT2D eigenvalue weighted by atomic mass is 9.86. The van der Waals surface area contributed by atoms with Gasteiger partial charge in [-0.1, -0.05) is 34.9 Å². The molecule has 1 aliphatic carbocycles. The van der Waals surface area contributed by atoms with Crippen molar-refractivity contribution in [3.63, 3.8) is 0 Å². The fraction of sp³-hybridized carbons (Fsp3) is 0.455. The zero-order chi connectivity index (χ0) is 19.1. The molecule has 3 nitrogen and oxygen atoms in total. The molecule has 0 unspecified atom stereocenters. The zero-order valence-corrected chi connectivity index (χ0v) is 16.3. The van der Waals surface area contributed by atoms with Crippen molar-refractivity contribution in [3.8, 4) is 0 Å².